The van der Waals surface area contributed by atoms with Crippen LogP contribution in [0, 0.1) is 5.41 Å². The van der Waals surface area contributed by atoms with E-state index in [2.05, 4.69) is 9.36 Å². The van der Waals surface area contributed by atoms with Crippen LogP contribution in [0.4, 0.5) is 0 Å². The van der Waals surface area contributed by atoms with Crippen molar-refractivity contribution in [2.24, 2.45) is 5.73 Å². The number of alkyl halides is 3. The van der Waals surface area contributed by atoms with Crippen molar-refractivity contribution in [3.8, 4) is 0 Å². The van der Waals surface area contributed by atoms with E-state index < -0.39 is 3.12 Å². The highest BCUT2D eigenvalue weighted by Gasteiger charge is 2.17. The molecule has 3 aromatic rings. The number of hydrogen-bond donors (Lipinski definition) is 2. The maximum atomic E-state index is 7.03. The van der Waals surface area contributed by atoms with Gasteiger partial charge in [-0.15, -0.1) is 12.4 Å². The van der Waals surface area contributed by atoms with Crippen LogP contribution < -0.4 is 5.73 Å². The molecule has 0 spiro atoms. The van der Waals surface area contributed by atoms with E-state index in [1.165, 1.54) is 11.5 Å². The topological polar surface area (TPSA) is 75.7 Å². The summed E-state index contributed by atoms with van der Waals surface area (Å²) in [5, 5.41) is 8.47. The highest BCUT2D eigenvalue weighted by Crippen LogP contribution is 2.40. The Kier molecular flexibility index (Phi) is 16.8. The van der Waals surface area contributed by atoms with E-state index in [0.717, 1.165) is 22.0 Å². The van der Waals surface area contributed by atoms with Crippen LogP contribution >= 0.6 is 115 Å². The van der Waals surface area contributed by atoms with Gasteiger partial charge in [0.15, 0.2) is 0 Å². The number of halogens is 8. The van der Waals surface area contributed by atoms with Gasteiger partial charge < -0.3 is 5.73 Å². The lowest BCUT2D eigenvalue weighted by atomic mass is 10.1. The second-order valence-electron chi connectivity index (χ2n) is 5.62. The third-order valence-electron chi connectivity index (χ3n) is 3.11. The first-order valence-electron chi connectivity index (χ1n) is 8.15. The zero-order chi connectivity index (χ0) is 23.4. The van der Waals surface area contributed by atoms with Crippen molar-refractivity contribution in [1.29, 1.82) is 5.41 Å². The van der Waals surface area contributed by atoms with Gasteiger partial charge in [0.25, 0.3) is 3.12 Å². The van der Waals surface area contributed by atoms with Gasteiger partial charge in [-0.25, -0.2) is 4.98 Å². The van der Waals surface area contributed by atoms with Crippen molar-refractivity contribution in [2.75, 3.05) is 0 Å². The molecular formula is C18H16Cl8N4S2. The number of rotatable bonds is 4. The van der Waals surface area contributed by atoms with Gasteiger partial charge in [0.2, 0.25) is 4.47 Å². The van der Waals surface area contributed by atoms with E-state index in [9.17, 15) is 0 Å². The summed E-state index contributed by atoms with van der Waals surface area (Å²) in [6.07, 6.45) is 1.19. The molecule has 1 aromatic heterocycles. The Hall–Kier alpha value is 0.140. The SMILES string of the molecule is Cl.ClSC(Cl)(Cl)Cl.Clc1ccc(Cc2nsc(Cl)n2)cc1.N=C(N)Cc1ccc(Cl)cc1. The fourth-order valence-electron chi connectivity index (χ4n) is 1.91. The van der Waals surface area contributed by atoms with E-state index >= 15 is 0 Å². The number of nitrogens with one attached hydrogen (secondary N) is 1. The number of nitrogens with zero attached hydrogens (tertiary/aromatic N) is 2. The predicted molar refractivity (Wildman–Crippen MR) is 147 cm³/mol. The van der Waals surface area contributed by atoms with Gasteiger partial charge in [0.05, 0.1) is 5.84 Å². The Morgan fingerprint density at radius 2 is 1.38 bits per heavy atom. The minimum atomic E-state index is -1.36. The molecule has 176 valence electrons. The van der Waals surface area contributed by atoms with Crippen molar-refractivity contribution >= 4 is 121 Å². The standard InChI is InChI=1S/C9H6Cl2N2S.C8H9ClN2.CCl4S.ClH/c10-7-3-1-6(2-4-7)5-8-12-9(11)14-13-8;9-7-3-1-6(2-4-7)5-8(10)11;2-1(3,4)6-5;/h1-4H,5H2;1-4H,5H2,(H3,10,11);;1H. The second kappa shape index (κ2) is 16.7. The molecule has 0 bridgehead atoms. The monoisotopic (exact) mass is 632 g/mol. The van der Waals surface area contributed by atoms with Gasteiger partial charge in [-0.2, -0.15) is 4.37 Å². The van der Waals surface area contributed by atoms with Gasteiger partial charge in [-0.3, -0.25) is 5.41 Å². The molecule has 0 amide bonds. The molecule has 0 fully saturated rings. The van der Waals surface area contributed by atoms with Crippen LogP contribution in [-0.4, -0.2) is 18.3 Å². The Morgan fingerprint density at radius 1 is 0.938 bits per heavy atom. The second-order valence-corrected chi connectivity index (χ2v) is 12.0. The van der Waals surface area contributed by atoms with E-state index in [4.69, 9.17) is 91.4 Å². The third kappa shape index (κ3) is 15.9. The average Bonchev–Trinajstić information content (AvgIpc) is 3.10. The van der Waals surface area contributed by atoms with E-state index in [1.54, 1.807) is 12.1 Å². The first-order valence-corrected chi connectivity index (χ1v) is 12.8. The Bertz CT molecular complexity index is 931. The lowest BCUT2D eigenvalue weighted by Crippen LogP contribution is -2.12. The van der Waals surface area contributed by atoms with Crippen molar-refractivity contribution < 1.29 is 0 Å². The van der Waals surface area contributed by atoms with Crippen LogP contribution in [0.1, 0.15) is 17.0 Å². The Balaban J connectivity index is 0.000000480. The molecule has 3 N–H and O–H groups in total. The predicted octanol–water partition coefficient (Wildman–Crippen LogP) is 8.88. The lowest BCUT2D eigenvalue weighted by Gasteiger charge is -1.99. The molecule has 0 saturated carbocycles. The summed E-state index contributed by atoms with van der Waals surface area (Å²) in [7, 11) is 5.65. The summed E-state index contributed by atoms with van der Waals surface area (Å²) in [6.45, 7) is 0. The highest BCUT2D eigenvalue weighted by molar-refractivity contribution is 8.24. The molecule has 0 aliphatic heterocycles. The fourth-order valence-corrected chi connectivity index (χ4v) is 2.80. The van der Waals surface area contributed by atoms with Crippen LogP contribution in [0.15, 0.2) is 48.5 Å². The highest BCUT2D eigenvalue weighted by atomic mass is 35.7. The van der Waals surface area contributed by atoms with E-state index in [0.29, 0.717) is 33.3 Å². The van der Waals surface area contributed by atoms with Crippen molar-refractivity contribution in [2.45, 2.75) is 16.0 Å². The van der Waals surface area contributed by atoms with Gasteiger partial charge in [0.1, 0.15) is 5.82 Å². The zero-order valence-corrected chi connectivity index (χ0v) is 23.6. The number of aromatic nitrogens is 2. The minimum absolute atomic E-state index is 0. The summed E-state index contributed by atoms with van der Waals surface area (Å²) in [5.41, 5.74) is 7.36. The molecule has 32 heavy (non-hydrogen) atoms. The molecule has 1 heterocycles. The molecule has 0 aliphatic rings. The number of benzene rings is 2. The van der Waals surface area contributed by atoms with Crippen molar-refractivity contribution in [3.63, 3.8) is 0 Å². The number of nitrogens with two attached hydrogens (primary N) is 1. The summed E-state index contributed by atoms with van der Waals surface area (Å²) in [5.74, 6) is 0.926. The van der Waals surface area contributed by atoms with Crippen LogP contribution in [0.3, 0.4) is 0 Å². The van der Waals surface area contributed by atoms with E-state index in [1.807, 2.05) is 36.4 Å². The molecular weight excluding hydrogens is 620 g/mol. The molecule has 0 radical (unpaired) electrons. The Morgan fingerprint density at radius 3 is 1.72 bits per heavy atom. The maximum absolute atomic E-state index is 7.03. The average molecular weight is 636 g/mol. The van der Waals surface area contributed by atoms with Gasteiger partial charge in [-0.05, 0) is 69.2 Å². The summed E-state index contributed by atoms with van der Waals surface area (Å²) >= 11 is 33.6. The fraction of sp³-hybridized carbons (Fsp3) is 0.167. The van der Waals surface area contributed by atoms with Gasteiger partial charge in [-0.1, -0.05) is 82.3 Å². The maximum Gasteiger partial charge on any atom is 0.251 e. The molecule has 4 nitrogen and oxygen atoms in total. The van der Waals surface area contributed by atoms with Gasteiger partial charge >= 0.3 is 0 Å². The molecule has 3 rings (SSSR count). The molecule has 0 saturated heterocycles. The smallest absolute Gasteiger partial charge is 0.251 e. The van der Waals surface area contributed by atoms with Crippen molar-refractivity contribution in [1.82, 2.24) is 9.36 Å². The number of amidine groups is 1. The largest absolute Gasteiger partial charge is 0.387 e. The third-order valence-corrected chi connectivity index (χ3v) is 6.73. The van der Waals surface area contributed by atoms with Gasteiger partial charge in [0, 0.05) is 33.9 Å². The molecule has 0 unspecified atom stereocenters. The quantitative estimate of drug-likeness (QED) is 0.171. The van der Waals surface area contributed by atoms with Crippen LogP contribution in [0.2, 0.25) is 14.5 Å². The van der Waals surface area contributed by atoms with Crippen LogP contribution in [-0.2, 0) is 12.8 Å². The summed E-state index contributed by atoms with van der Waals surface area (Å²) in [6, 6.07) is 14.9. The lowest BCUT2D eigenvalue weighted by molar-refractivity contribution is 1.04. The van der Waals surface area contributed by atoms with Crippen LogP contribution in [0.5, 0.6) is 0 Å². The summed E-state index contributed by atoms with van der Waals surface area (Å²) < 4.78 is 3.22. The molecule has 0 atom stereocenters. The zero-order valence-electron chi connectivity index (χ0n) is 15.9. The first kappa shape index (κ1) is 32.1. The minimum Gasteiger partial charge on any atom is -0.387 e. The normalized spacial score (nSPS) is 10.1. The molecule has 14 heteroatoms. The van der Waals surface area contributed by atoms with Crippen molar-refractivity contribution in [3.05, 3.63) is 80.0 Å². The Labute approximate surface area is 235 Å². The summed E-state index contributed by atoms with van der Waals surface area (Å²) in [4.78, 5) is 4.07. The first-order chi connectivity index (χ1) is 14.5. The van der Waals surface area contributed by atoms with Crippen LogP contribution in [0.25, 0.3) is 0 Å². The molecule has 0 aliphatic carbocycles. The van der Waals surface area contributed by atoms with E-state index in [-0.39, 0.29) is 18.2 Å². The molecule has 2 aromatic carbocycles. The number of hydrogen-bond acceptors (Lipinski definition) is 5.